The summed E-state index contributed by atoms with van der Waals surface area (Å²) >= 11 is 0. The molecule has 0 aliphatic rings. The fourth-order valence-corrected chi connectivity index (χ4v) is 1.73. The van der Waals surface area contributed by atoms with E-state index < -0.39 is 11.9 Å². The first kappa shape index (κ1) is 18.6. The number of rotatable bonds is 7. The highest BCUT2D eigenvalue weighted by Gasteiger charge is 2.19. The van der Waals surface area contributed by atoms with Crippen molar-refractivity contribution in [3.63, 3.8) is 0 Å². The van der Waals surface area contributed by atoms with Crippen LogP contribution in [0.1, 0.15) is 37.3 Å². The Labute approximate surface area is 121 Å². The van der Waals surface area contributed by atoms with Gasteiger partial charge in [0.05, 0.1) is 6.61 Å². The van der Waals surface area contributed by atoms with Crippen molar-refractivity contribution in [3.8, 4) is 0 Å². The number of hydrogen-bond donors (Lipinski definition) is 1. The molecule has 0 aromatic heterocycles. The second-order valence-corrected chi connectivity index (χ2v) is 4.42. The van der Waals surface area contributed by atoms with Crippen LogP contribution < -0.4 is 0 Å². The number of aryl methyl sites for hydroxylation is 1. The molecule has 1 atom stereocenters. The van der Waals surface area contributed by atoms with E-state index in [-0.39, 0.29) is 6.61 Å². The molecule has 0 amide bonds. The molecule has 114 valence electrons. The van der Waals surface area contributed by atoms with Gasteiger partial charge in [0.15, 0.2) is 0 Å². The molecular weight excluding hydrogens is 256 g/mol. The number of benzene rings is 1. The van der Waals surface area contributed by atoms with E-state index in [4.69, 9.17) is 9.84 Å². The summed E-state index contributed by atoms with van der Waals surface area (Å²) in [7, 11) is 3.20. The normalized spacial score (nSPS) is 11.4. The number of carboxylic acids is 1. The van der Waals surface area contributed by atoms with Crippen LogP contribution in [0.25, 0.3) is 0 Å². The van der Waals surface area contributed by atoms with Gasteiger partial charge in [-0.15, -0.1) is 0 Å². The number of carbonyl (C=O) groups is 1. The zero-order chi connectivity index (χ0) is 15.4. The van der Waals surface area contributed by atoms with Gasteiger partial charge in [-0.2, -0.15) is 0 Å². The fraction of sp³-hybridized carbons (Fsp3) is 0.562. The maximum atomic E-state index is 11.1. The molecule has 0 fully saturated rings. The molecule has 0 saturated carbocycles. The number of ether oxygens (including phenoxy) is 2. The van der Waals surface area contributed by atoms with Gasteiger partial charge in [0, 0.05) is 20.8 Å². The molecule has 0 heterocycles. The van der Waals surface area contributed by atoms with Crippen LogP contribution in [0.4, 0.5) is 0 Å². The Morgan fingerprint density at radius 3 is 2.35 bits per heavy atom. The maximum absolute atomic E-state index is 11.1. The highest BCUT2D eigenvalue weighted by Crippen LogP contribution is 2.18. The smallest absolute Gasteiger partial charge is 0.313 e. The average molecular weight is 282 g/mol. The lowest BCUT2D eigenvalue weighted by Crippen LogP contribution is -2.17. The lowest BCUT2D eigenvalue weighted by Gasteiger charge is -2.12. The van der Waals surface area contributed by atoms with Crippen molar-refractivity contribution < 1.29 is 19.4 Å². The molecule has 1 N–H and O–H groups in total. The first-order valence-corrected chi connectivity index (χ1v) is 6.90. The molecular formula is C16H26O4. The van der Waals surface area contributed by atoms with Gasteiger partial charge in [0.1, 0.15) is 5.92 Å². The highest BCUT2D eigenvalue weighted by molar-refractivity contribution is 5.76. The maximum Gasteiger partial charge on any atom is 0.313 e. The lowest BCUT2D eigenvalue weighted by atomic mass is 9.97. The lowest BCUT2D eigenvalue weighted by molar-refractivity contribution is -0.140. The molecule has 0 aliphatic carbocycles. The number of aliphatic carboxylic acids is 1. The van der Waals surface area contributed by atoms with E-state index in [0.29, 0.717) is 0 Å². The van der Waals surface area contributed by atoms with Crippen LogP contribution in [0.3, 0.4) is 0 Å². The van der Waals surface area contributed by atoms with Gasteiger partial charge >= 0.3 is 5.97 Å². The van der Waals surface area contributed by atoms with Crippen LogP contribution >= 0.6 is 0 Å². The predicted molar refractivity (Wildman–Crippen MR) is 80.2 cm³/mol. The number of hydrogen-bond acceptors (Lipinski definition) is 3. The molecule has 4 heteroatoms. The predicted octanol–water partition coefficient (Wildman–Crippen LogP) is 3.11. The zero-order valence-corrected chi connectivity index (χ0v) is 12.9. The molecule has 0 bridgehead atoms. The van der Waals surface area contributed by atoms with E-state index in [1.165, 1.54) is 12.7 Å². The van der Waals surface area contributed by atoms with Crippen molar-refractivity contribution in [2.75, 3.05) is 27.4 Å². The molecule has 1 aromatic rings. The van der Waals surface area contributed by atoms with Gasteiger partial charge in [0.25, 0.3) is 0 Å². The fourth-order valence-electron chi connectivity index (χ4n) is 1.73. The second-order valence-electron chi connectivity index (χ2n) is 4.42. The average Bonchev–Trinajstić information content (AvgIpc) is 2.45. The molecule has 1 unspecified atom stereocenters. The van der Waals surface area contributed by atoms with Crippen LogP contribution in [0.5, 0.6) is 0 Å². The summed E-state index contributed by atoms with van der Waals surface area (Å²) in [5.74, 6) is -1.41. The van der Waals surface area contributed by atoms with Crippen molar-refractivity contribution in [2.24, 2.45) is 0 Å². The van der Waals surface area contributed by atoms with E-state index in [9.17, 15) is 4.79 Å². The van der Waals surface area contributed by atoms with Gasteiger partial charge in [-0.25, -0.2) is 0 Å². The monoisotopic (exact) mass is 282 g/mol. The second kappa shape index (κ2) is 11.4. The Kier molecular flexibility index (Phi) is 10.6. The van der Waals surface area contributed by atoms with Crippen molar-refractivity contribution in [1.82, 2.24) is 0 Å². The highest BCUT2D eigenvalue weighted by atomic mass is 16.5. The van der Waals surface area contributed by atoms with Crippen molar-refractivity contribution in [1.29, 1.82) is 0 Å². The summed E-state index contributed by atoms with van der Waals surface area (Å²) in [5, 5.41) is 9.10. The largest absolute Gasteiger partial charge is 0.481 e. The summed E-state index contributed by atoms with van der Waals surface area (Å²) < 4.78 is 9.48. The van der Waals surface area contributed by atoms with E-state index in [2.05, 4.69) is 11.7 Å². The molecule has 0 saturated heterocycles. The van der Waals surface area contributed by atoms with Gasteiger partial charge < -0.3 is 14.6 Å². The van der Waals surface area contributed by atoms with E-state index in [1.54, 1.807) is 7.11 Å². The minimum absolute atomic E-state index is 0.213. The topological polar surface area (TPSA) is 55.8 Å². The Bertz CT molecular complexity index is 374. The third kappa shape index (κ3) is 7.26. The third-order valence-corrected chi connectivity index (χ3v) is 2.81. The van der Waals surface area contributed by atoms with E-state index >= 15 is 0 Å². The Morgan fingerprint density at radius 2 is 1.90 bits per heavy atom. The number of carboxylic acid groups (broad SMARTS) is 1. The summed E-state index contributed by atoms with van der Waals surface area (Å²) in [6, 6.07) is 7.74. The van der Waals surface area contributed by atoms with Gasteiger partial charge in [-0.05, 0) is 24.5 Å². The first-order chi connectivity index (χ1) is 9.60. The standard InChI is InChI=1S/C13H18O3.C3H8O/c1-3-5-10-6-4-7-11(8-10)12(9-16-2)13(14)15;1-3-4-2/h4,6-8,12H,3,5,9H2,1-2H3,(H,14,15);3H2,1-2H3. The quantitative estimate of drug-likeness (QED) is 0.835. The van der Waals surface area contributed by atoms with Crippen molar-refractivity contribution in [3.05, 3.63) is 35.4 Å². The van der Waals surface area contributed by atoms with Crippen LogP contribution in [0.2, 0.25) is 0 Å². The first-order valence-electron chi connectivity index (χ1n) is 6.90. The van der Waals surface area contributed by atoms with E-state index in [1.807, 2.05) is 31.2 Å². The zero-order valence-electron chi connectivity index (χ0n) is 12.9. The molecule has 1 rings (SSSR count). The minimum atomic E-state index is -0.838. The Balaban J connectivity index is 0.000000796. The molecule has 0 aliphatic heterocycles. The molecule has 4 nitrogen and oxygen atoms in total. The summed E-state index contributed by atoms with van der Waals surface area (Å²) in [6.45, 7) is 5.10. The molecule has 0 spiro atoms. The van der Waals surface area contributed by atoms with E-state index in [0.717, 1.165) is 25.0 Å². The molecule has 20 heavy (non-hydrogen) atoms. The van der Waals surface area contributed by atoms with Crippen molar-refractivity contribution in [2.45, 2.75) is 32.6 Å². The third-order valence-electron chi connectivity index (χ3n) is 2.81. The Morgan fingerprint density at radius 1 is 1.25 bits per heavy atom. The van der Waals surface area contributed by atoms with Gasteiger partial charge in [-0.1, -0.05) is 37.6 Å². The van der Waals surface area contributed by atoms with Gasteiger partial charge in [-0.3, -0.25) is 4.79 Å². The van der Waals surface area contributed by atoms with Crippen LogP contribution in [-0.4, -0.2) is 38.5 Å². The van der Waals surface area contributed by atoms with Crippen LogP contribution in [0, 0.1) is 0 Å². The summed E-state index contributed by atoms with van der Waals surface area (Å²) in [6.07, 6.45) is 2.04. The van der Waals surface area contributed by atoms with Crippen molar-refractivity contribution >= 4 is 5.97 Å². The number of methoxy groups -OCH3 is 2. The molecule has 0 radical (unpaired) electrons. The SMILES string of the molecule is CCCc1cccc(C(COC)C(=O)O)c1.CCOC. The van der Waals surface area contributed by atoms with Crippen LogP contribution in [0.15, 0.2) is 24.3 Å². The van der Waals surface area contributed by atoms with Crippen LogP contribution in [-0.2, 0) is 20.7 Å². The summed E-state index contributed by atoms with van der Waals surface area (Å²) in [5.41, 5.74) is 2.00. The van der Waals surface area contributed by atoms with Gasteiger partial charge in [0.2, 0.25) is 0 Å². The summed E-state index contributed by atoms with van der Waals surface area (Å²) in [4.78, 5) is 11.1. The minimum Gasteiger partial charge on any atom is -0.481 e. The Hall–Kier alpha value is -1.39. The molecule has 1 aromatic carbocycles.